The molecule has 6 atom stereocenters. The maximum absolute atomic E-state index is 13.8. The lowest BCUT2D eigenvalue weighted by Crippen LogP contribution is -2.49. The van der Waals surface area contributed by atoms with Crippen molar-refractivity contribution < 1.29 is 32.4 Å². The summed E-state index contributed by atoms with van der Waals surface area (Å²) in [6, 6.07) is 0. The van der Waals surface area contributed by atoms with Crippen molar-refractivity contribution in [3.63, 3.8) is 0 Å². The highest BCUT2D eigenvalue weighted by Gasteiger charge is 2.56. The van der Waals surface area contributed by atoms with Gasteiger partial charge in [-0.25, -0.2) is 9.78 Å². The molecular formula is C19H29F3O4S. The van der Waals surface area contributed by atoms with E-state index in [2.05, 4.69) is 6.92 Å². The van der Waals surface area contributed by atoms with Gasteiger partial charge >= 0.3 is 6.18 Å². The molecule has 0 spiro atoms. The molecule has 0 aromatic carbocycles. The second-order valence-electron chi connectivity index (χ2n) is 7.92. The van der Waals surface area contributed by atoms with E-state index in [1.807, 2.05) is 6.92 Å². The van der Waals surface area contributed by atoms with Crippen LogP contribution in [0.1, 0.15) is 46.5 Å². The zero-order valence-electron chi connectivity index (χ0n) is 16.3. The molecule has 0 N–H and O–H groups in total. The summed E-state index contributed by atoms with van der Waals surface area (Å²) in [5, 5.41) is 0. The molecule has 1 saturated heterocycles. The van der Waals surface area contributed by atoms with Crippen LogP contribution in [0.5, 0.6) is 0 Å². The van der Waals surface area contributed by atoms with Crippen LogP contribution in [0.2, 0.25) is 0 Å². The van der Waals surface area contributed by atoms with Crippen LogP contribution in [0.4, 0.5) is 13.2 Å². The highest BCUT2D eigenvalue weighted by molar-refractivity contribution is 7.99. The minimum Gasteiger partial charge on any atom is -0.459 e. The van der Waals surface area contributed by atoms with E-state index in [0.29, 0.717) is 23.7 Å². The van der Waals surface area contributed by atoms with Crippen LogP contribution >= 0.6 is 11.8 Å². The second-order valence-corrected chi connectivity index (χ2v) is 9.19. The minimum absolute atomic E-state index is 0.0883. The Balaban J connectivity index is 2.02. The van der Waals surface area contributed by atoms with Gasteiger partial charge in [0.25, 0.3) is 0 Å². The van der Waals surface area contributed by atoms with Gasteiger partial charge in [-0.05, 0) is 55.3 Å². The average Bonchev–Trinajstić information content (AvgIpc) is 2.73. The van der Waals surface area contributed by atoms with E-state index in [-0.39, 0.29) is 17.8 Å². The van der Waals surface area contributed by atoms with Gasteiger partial charge in [-0.1, -0.05) is 13.8 Å². The minimum atomic E-state index is -4.53. The Bertz CT molecular complexity index is 568. The second kappa shape index (κ2) is 8.13. The molecule has 1 saturated carbocycles. The van der Waals surface area contributed by atoms with Crippen molar-refractivity contribution in [3.8, 4) is 0 Å². The van der Waals surface area contributed by atoms with Gasteiger partial charge in [-0.3, -0.25) is 0 Å². The summed E-state index contributed by atoms with van der Waals surface area (Å²) in [6.45, 7) is 5.84. The van der Waals surface area contributed by atoms with E-state index in [1.165, 1.54) is 18.9 Å². The molecule has 2 fully saturated rings. The van der Waals surface area contributed by atoms with Gasteiger partial charge in [0.05, 0.1) is 7.11 Å². The van der Waals surface area contributed by atoms with Crippen molar-refractivity contribution >= 4 is 11.8 Å². The van der Waals surface area contributed by atoms with Crippen molar-refractivity contribution in [1.29, 1.82) is 0 Å². The molecule has 2 aliphatic heterocycles. The Labute approximate surface area is 163 Å². The first-order valence-corrected chi connectivity index (χ1v) is 10.8. The first kappa shape index (κ1) is 21.3. The monoisotopic (exact) mass is 410 g/mol. The van der Waals surface area contributed by atoms with Crippen LogP contribution in [-0.2, 0) is 19.2 Å². The number of ether oxygens (including phenoxy) is 2. The molecule has 27 heavy (non-hydrogen) atoms. The van der Waals surface area contributed by atoms with Gasteiger partial charge in [-0.2, -0.15) is 24.9 Å². The summed E-state index contributed by atoms with van der Waals surface area (Å²) in [6.07, 6.45) is -2.46. The summed E-state index contributed by atoms with van der Waals surface area (Å²) in [4.78, 5) is 10.1. The van der Waals surface area contributed by atoms with Crippen LogP contribution in [0, 0.1) is 23.7 Å². The normalized spacial score (nSPS) is 39.6. The van der Waals surface area contributed by atoms with Crippen LogP contribution < -0.4 is 0 Å². The van der Waals surface area contributed by atoms with Gasteiger partial charge < -0.3 is 9.47 Å². The predicted molar refractivity (Wildman–Crippen MR) is 96.6 cm³/mol. The summed E-state index contributed by atoms with van der Waals surface area (Å²) < 4.78 is 53.0. The van der Waals surface area contributed by atoms with Crippen molar-refractivity contribution in [1.82, 2.24) is 0 Å². The third-order valence-corrected chi connectivity index (χ3v) is 7.11. The number of thioether (sulfide) groups is 1. The van der Waals surface area contributed by atoms with Gasteiger partial charge in [0.2, 0.25) is 17.8 Å². The molecule has 0 aromatic rings. The van der Waals surface area contributed by atoms with Gasteiger partial charge in [0, 0.05) is 18.1 Å². The fourth-order valence-corrected chi connectivity index (χ4v) is 5.72. The first-order chi connectivity index (χ1) is 12.7. The van der Waals surface area contributed by atoms with Crippen molar-refractivity contribution in [3.05, 3.63) is 11.3 Å². The lowest BCUT2D eigenvalue weighted by molar-refractivity contribution is -0.438. The van der Waals surface area contributed by atoms with E-state index >= 15 is 0 Å². The molecule has 156 valence electrons. The molecule has 1 aliphatic carbocycles. The Hall–Kier alpha value is -0.440. The van der Waals surface area contributed by atoms with Crippen LogP contribution in [0.15, 0.2) is 11.3 Å². The van der Waals surface area contributed by atoms with E-state index in [4.69, 9.17) is 19.2 Å². The standard InChI is InChI=1S/C19H29F3O4S/c1-5-27-10-14-13-7-6-11(2)12-8-9-18(3,26-23-4)25-17(15(12)13)24-16(14)19(20,21)22/h11-13,15,17H,5-10H2,1-4H3/t11-,12+,13+,15?,17-,18+/m1/s1. The largest absolute Gasteiger partial charge is 0.459 e. The molecule has 3 aliphatic rings. The number of alkyl halides is 3. The number of hydrogen-bond donors (Lipinski definition) is 0. The fourth-order valence-electron chi connectivity index (χ4n) is 4.95. The molecule has 0 radical (unpaired) electrons. The summed E-state index contributed by atoms with van der Waals surface area (Å²) >= 11 is 1.51. The van der Waals surface area contributed by atoms with Gasteiger partial charge in [0.15, 0.2) is 0 Å². The SMILES string of the molecule is CCSCC1=C(C(F)(F)F)O[C@@H]2O[C@@](C)(OOC)CC[C@@H]3C2[C@H]1CC[C@H]3C. The zero-order valence-corrected chi connectivity index (χ0v) is 17.1. The topological polar surface area (TPSA) is 36.9 Å². The molecule has 0 aromatic heterocycles. The third-order valence-electron chi connectivity index (χ3n) is 6.19. The Morgan fingerprint density at radius 1 is 1.26 bits per heavy atom. The highest BCUT2D eigenvalue weighted by atomic mass is 32.2. The third kappa shape index (κ3) is 4.28. The summed E-state index contributed by atoms with van der Waals surface area (Å²) in [5.74, 6) is -0.443. The van der Waals surface area contributed by atoms with E-state index in [0.717, 1.165) is 25.0 Å². The van der Waals surface area contributed by atoms with Crippen LogP contribution in [0.25, 0.3) is 0 Å². The maximum Gasteiger partial charge on any atom is 0.449 e. The maximum atomic E-state index is 13.8. The molecular weight excluding hydrogens is 381 g/mol. The van der Waals surface area contributed by atoms with Crippen molar-refractivity contribution in [2.24, 2.45) is 23.7 Å². The Kier molecular flexibility index (Phi) is 6.40. The van der Waals surface area contributed by atoms with Gasteiger partial charge in [0.1, 0.15) is 0 Å². The molecule has 1 unspecified atom stereocenters. The lowest BCUT2D eigenvalue weighted by Gasteiger charge is -2.48. The smallest absolute Gasteiger partial charge is 0.449 e. The van der Waals surface area contributed by atoms with Gasteiger partial charge in [-0.15, -0.1) is 0 Å². The number of halogens is 3. The van der Waals surface area contributed by atoms with E-state index in [9.17, 15) is 13.2 Å². The molecule has 3 rings (SSSR count). The van der Waals surface area contributed by atoms with Crippen molar-refractivity contribution in [2.45, 2.75) is 64.7 Å². The quantitative estimate of drug-likeness (QED) is 0.454. The summed E-state index contributed by atoms with van der Waals surface area (Å²) in [5.41, 5.74) is 0.410. The number of hydrogen-bond acceptors (Lipinski definition) is 5. The highest BCUT2D eigenvalue weighted by Crippen LogP contribution is 2.55. The zero-order chi connectivity index (χ0) is 19.8. The average molecular weight is 410 g/mol. The summed E-state index contributed by atoms with van der Waals surface area (Å²) in [7, 11) is 1.38. The number of allylic oxidation sites excluding steroid dienone is 1. The molecule has 4 nitrogen and oxygen atoms in total. The Morgan fingerprint density at radius 3 is 2.63 bits per heavy atom. The molecule has 0 bridgehead atoms. The predicted octanol–water partition coefficient (Wildman–Crippen LogP) is 5.30. The number of rotatable bonds is 5. The lowest BCUT2D eigenvalue weighted by atomic mass is 9.62. The molecule has 2 heterocycles. The van der Waals surface area contributed by atoms with Crippen LogP contribution in [-0.4, -0.2) is 36.9 Å². The molecule has 8 heteroatoms. The van der Waals surface area contributed by atoms with Crippen LogP contribution in [0.3, 0.4) is 0 Å². The first-order valence-electron chi connectivity index (χ1n) is 9.64. The van der Waals surface area contributed by atoms with Crippen molar-refractivity contribution in [2.75, 3.05) is 18.6 Å². The fraction of sp³-hybridized carbons (Fsp3) is 0.895. The Morgan fingerprint density at radius 2 is 2.00 bits per heavy atom. The molecule has 0 amide bonds. The van der Waals surface area contributed by atoms with E-state index < -0.39 is 24.0 Å². The van der Waals surface area contributed by atoms with E-state index in [1.54, 1.807) is 6.92 Å².